The van der Waals surface area contributed by atoms with Gasteiger partial charge in [0.05, 0.1) is 11.6 Å². The predicted octanol–water partition coefficient (Wildman–Crippen LogP) is 1.44. The standard InChI is InChI=1S/C18H21F3N4O4/c19-18(20,21)17(27)29-25-14-4-8-23-11-12(14)10-15(25)16(26)24-5-1-9-28-13-2-6-22-7-3-13/h4,8,10-11,13,22H,1-3,5-7,9H2,(H,24,26). The Morgan fingerprint density at radius 1 is 1.31 bits per heavy atom. The molecular formula is C18H21F3N4O4. The third kappa shape index (κ3) is 5.45. The number of nitrogens with zero attached hydrogens (tertiary/aromatic N) is 2. The molecule has 1 aliphatic heterocycles. The second-order valence-electron chi connectivity index (χ2n) is 6.56. The van der Waals surface area contributed by atoms with Crippen LogP contribution in [0.2, 0.25) is 0 Å². The number of ether oxygens (including phenoxy) is 1. The van der Waals surface area contributed by atoms with Crippen molar-refractivity contribution >= 4 is 22.8 Å². The van der Waals surface area contributed by atoms with Gasteiger partial charge in [-0.3, -0.25) is 9.78 Å². The van der Waals surface area contributed by atoms with E-state index in [2.05, 4.69) is 20.5 Å². The minimum absolute atomic E-state index is 0.122. The number of fused-ring (bicyclic) bond motifs is 1. The highest BCUT2D eigenvalue weighted by atomic mass is 19.4. The molecule has 0 saturated carbocycles. The second kappa shape index (κ2) is 9.23. The van der Waals surface area contributed by atoms with Gasteiger partial charge in [-0.25, -0.2) is 4.79 Å². The molecule has 1 amide bonds. The molecule has 0 unspecified atom stereocenters. The molecule has 158 valence electrons. The zero-order valence-electron chi connectivity index (χ0n) is 15.5. The van der Waals surface area contributed by atoms with E-state index in [9.17, 15) is 22.8 Å². The summed E-state index contributed by atoms with van der Waals surface area (Å²) >= 11 is 0. The van der Waals surface area contributed by atoms with Crippen molar-refractivity contribution in [2.24, 2.45) is 0 Å². The van der Waals surface area contributed by atoms with Crippen LogP contribution in [0.1, 0.15) is 29.8 Å². The van der Waals surface area contributed by atoms with Crippen LogP contribution in [0.4, 0.5) is 13.2 Å². The molecule has 11 heteroatoms. The van der Waals surface area contributed by atoms with Crippen LogP contribution in [0.25, 0.3) is 10.9 Å². The molecular weight excluding hydrogens is 393 g/mol. The summed E-state index contributed by atoms with van der Waals surface area (Å²) in [4.78, 5) is 32.0. The summed E-state index contributed by atoms with van der Waals surface area (Å²) in [6, 6.07) is 2.66. The quantitative estimate of drug-likeness (QED) is 0.666. The molecule has 0 bridgehead atoms. The fraction of sp³-hybridized carbons (Fsp3) is 0.500. The topological polar surface area (TPSA) is 94.5 Å². The van der Waals surface area contributed by atoms with E-state index in [1.165, 1.54) is 24.5 Å². The number of piperidine rings is 1. The lowest BCUT2D eigenvalue weighted by atomic mass is 10.1. The molecule has 0 aromatic carbocycles. The Bertz CT molecular complexity index is 862. The van der Waals surface area contributed by atoms with Crippen molar-refractivity contribution in [3.63, 3.8) is 0 Å². The number of carbonyl (C=O) groups excluding carboxylic acids is 2. The lowest BCUT2D eigenvalue weighted by Gasteiger charge is -2.22. The second-order valence-corrected chi connectivity index (χ2v) is 6.56. The van der Waals surface area contributed by atoms with Crippen molar-refractivity contribution < 1.29 is 32.3 Å². The first-order valence-electron chi connectivity index (χ1n) is 9.22. The van der Waals surface area contributed by atoms with Gasteiger partial charge in [-0.1, -0.05) is 0 Å². The molecule has 8 nitrogen and oxygen atoms in total. The first-order chi connectivity index (χ1) is 13.9. The van der Waals surface area contributed by atoms with E-state index in [0.717, 1.165) is 25.9 Å². The molecule has 3 rings (SSSR count). The van der Waals surface area contributed by atoms with Gasteiger partial charge < -0.3 is 20.2 Å². The number of hydrogen-bond acceptors (Lipinski definition) is 6. The van der Waals surface area contributed by atoms with Gasteiger partial charge in [0.1, 0.15) is 5.69 Å². The Labute approximate surface area is 164 Å². The summed E-state index contributed by atoms with van der Waals surface area (Å²) < 4.78 is 44.1. The number of halogens is 3. The average molecular weight is 414 g/mol. The highest BCUT2D eigenvalue weighted by Gasteiger charge is 2.42. The number of rotatable bonds is 7. The van der Waals surface area contributed by atoms with Gasteiger partial charge in [0.15, 0.2) is 0 Å². The normalized spacial score (nSPS) is 15.4. The molecule has 1 aliphatic rings. The van der Waals surface area contributed by atoms with E-state index < -0.39 is 18.1 Å². The van der Waals surface area contributed by atoms with E-state index in [1.54, 1.807) is 0 Å². The molecule has 29 heavy (non-hydrogen) atoms. The van der Waals surface area contributed by atoms with Gasteiger partial charge in [-0.2, -0.15) is 17.9 Å². The molecule has 2 aromatic heterocycles. The zero-order valence-corrected chi connectivity index (χ0v) is 15.5. The van der Waals surface area contributed by atoms with Crippen molar-refractivity contribution in [2.75, 3.05) is 26.2 Å². The van der Waals surface area contributed by atoms with Crippen molar-refractivity contribution in [1.29, 1.82) is 0 Å². The molecule has 3 heterocycles. The summed E-state index contributed by atoms with van der Waals surface area (Å²) in [6.45, 7) is 2.55. The van der Waals surface area contributed by atoms with E-state index >= 15 is 0 Å². The Morgan fingerprint density at radius 3 is 2.79 bits per heavy atom. The highest BCUT2D eigenvalue weighted by Crippen LogP contribution is 2.21. The monoisotopic (exact) mass is 414 g/mol. The minimum atomic E-state index is -5.19. The molecule has 0 spiro atoms. The van der Waals surface area contributed by atoms with E-state index in [1.807, 2.05) is 0 Å². The highest BCUT2D eigenvalue weighted by molar-refractivity contribution is 5.98. The van der Waals surface area contributed by atoms with Crippen LogP contribution in [-0.2, 0) is 9.53 Å². The van der Waals surface area contributed by atoms with Crippen LogP contribution < -0.4 is 15.5 Å². The number of alkyl halides is 3. The molecule has 1 saturated heterocycles. The maximum Gasteiger partial charge on any atom is 0.493 e. The number of amides is 1. The SMILES string of the molecule is O=C(NCCCOC1CCNCC1)c1cc2cnccc2n1OC(=O)C(F)(F)F. The van der Waals surface area contributed by atoms with Gasteiger partial charge in [0.2, 0.25) is 0 Å². The van der Waals surface area contributed by atoms with Crippen molar-refractivity contribution in [1.82, 2.24) is 20.3 Å². The Balaban J connectivity index is 1.61. The van der Waals surface area contributed by atoms with Crippen LogP contribution in [0, 0.1) is 0 Å². The summed E-state index contributed by atoms with van der Waals surface area (Å²) in [6.07, 6.45) is 0.0970. The molecule has 2 N–H and O–H groups in total. The van der Waals surface area contributed by atoms with Gasteiger partial charge in [-0.15, -0.1) is 0 Å². The minimum Gasteiger partial charge on any atom is -0.378 e. The van der Waals surface area contributed by atoms with Crippen molar-refractivity contribution in [3.8, 4) is 0 Å². The van der Waals surface area contributed by atoms with Crippen LogP contribution in [-0.4, -0.2) is 60.1 Å². The zero-order chi connectivity index (χ0) is 20.9. The summed E-state index contributed by atoms with van der Waals surface area (Å²) in [7, 11) is 0. The maximum absolute atomic E-state index is 12.6. The average Bonchev–Trinajstić information content (AvgIpc) is 3.06. The molecule has 2 aromatic rings. The van der Waals surface area contributed by atoms with Crippen LogP contribution >= 0.6 is 0 Å². The summed E-state index contributed by atoms with van der Waals surface area (Å²) in [5.41, 5.74) is -0.109. The fourth-order valence-corrected chi connectivity index (χ4v) is 3.00. The predicted molar refractivity (Wildman–Crippen MR) is 96.2 cm³/mol. The molecule has 0 radical (unpaired) electrons. The molecule has 0 atom stereocenters. The van der Waals surface area contributed by atoms with E-state index in [-0.39, 0.29) is 23.9 Å². The lowest BCUT2D eigenvalue weighted by molar-refractivity contribution is -0.199. The lowest BCUT2D eigenvalue weighted by Crippen LogP contribution is -2.36. The van der Waals surface area contributed by atoms with Gasteiger partial charge in [0.25, 0.3) is 5.91 Å². The fourth-order valence-electron chi connectivity index (χ4n) is 3.00. The Hall–Kier alpha value is -2.66. The molecule has 1 fully saturated rings. The van der Waals surface area contributed by atoms with Crippen molar-refractivity contribution in [3.05, 3.63) is 30.2 Å². The first-order valence-corrected chi connectivity index (χ1v) is 9.22. The summed E-state index contributed by atoms with van der Waals surface area (Å²) in [5, 5.41) is 6.21. The van der Waals surface area contributed by atoms with E-state index in [4.69, 9.17) is 4.74 Å². The maximum atomic E-state index is 12.6. The van der Waals surface area contributed by atoms with Crippen LogP contribution in [0.15, 0.2) is 24.5 Å². The summed E-state index contributed by atoms with van der Waals surface area (Å²) in [5.74, 6) is -3.09. The number of carbonyl (C=O) groups is 2. The number of pyridine rings is 1. The molecule has 0 aliphatic carbocycles. The number of nitrogens with one attached hydrogen (secondary N) is 2. The number of hydrogen-bond donors (Lipinski definition) is 2. The van der Waals surface area contributed by atoms with Gasteiger partial charge >= 0.3 is 12.1 Å². The Morgan fingerprint density at radius 2 is 2.07 bits per heavy atom. The van der Waals surface area contributed by atoms with Gasteiger partial charge in [-0.05, 0) is 44.5 Å². The third-order valence-corrected chi connectivity index (χ3v) is 4.44. The van der Waals surface area contributed by atoms with Crippen LogP contribution in [0.5, 0.6) is 0 Å². The first kappa shape index (κ1) is 21.1. The van der Waals surface area contributed by atoms with Crippen molar-refractivity contribution in [2.45, 2.75) is 31.5 Å². The van der Waals surface area contributed by atoms with Gasteiger partial charge in [0, 0.05) is 30.9 Å². The van der Waals surface area contributed by atoms with Crippen LogP contribution in [0.3, 0.4) is 0 Å². The third-order valence-electron chi connectivity index (χ3n) is 4.44. The largest absolute Gasteiger partial charge is 0.493 e. The Kier molecular flexibility index (Phi) is 6.70. The smallest absolute Gasteiger partial charge is 0.378 e. The number of aromatic nitrogens is 2. The van der Waals surface area contributed by atoms with E-state index in [0.29, 0.717) is 23.1 Å².